The predicted molar refractivity (Wildman–Crippen MR) is 126 cm³/mol. The number of amides is 1. The van der Waals surface area contributed by atoms with Crippen molar-refractivity contribution in [1.29, 1.82) is 0 Å². The smallest absolute Gasteiger partial charge is 0.410 e. The molecule has 0 unspecified atom stereocenters. The number of ether oxygens (including phenoxy) is 1. The molecule has 2 rings (SSSR count). The third-order valence-electron chi connectivity index (χ3n) is 4.15. The minimum absolute atomic E-state index is 0. The maximum atomic E-state index is 12.0. The van der Waals surface area contributed by atoms with Crippen LogP contribution in [0.3, 0.4) is 0 Å². The van der Waals surface area contributed by atoms with E-state index >= 15 is 0 Å². The van der Waals surface area contributed by atoms with Crippen LogP contribution in [0.25, 0.3) is 0 Å². The molecule has 1 aromatic heterocycles. The molecular weight excluding hydrogens is 485 g/mol. The normalized spacial score (nSPS) is 14.9. The summed E-state index contributed by atoms with van der Waals surface area (Å²) in [5, 5.41) is 3.34. The Kier molecular flexibility index (Phi) is 10.4. The van der Waals surface area contributed by atoms with Crippen molar-refractivity contribution in [2.24, 2.45) is 4.99 Å². The minimum atomic E-state index is -0.494. The van der Waals surface area contributed by atoms with Crippen molar-refractivity contribution in [2.75, 3.05) is 57.8 Å². The molecule has 1 amide bonds. The summed E-state index contributed by atoms with van der Waals surface area (Å²) in [6, 6.07) is 1.82. The Labute approximate surface area is 190 Å². The standard InChI is InChI=1S/C19H33N7O2.HI/c1-6-20-16(23-10-11-24(5)18(27)28-19(2,3)4)25-12-14-26(15-13-25)17-21-8-7-9-22-17;/h7-9H,6,10-15H2,1-5H3,(H,20,23);1H. The quantitative estimate of drug-likeness (QED) is 0.362. The number of nitrogens with zero attached hydrogens (tertiary/aromatic N) is 6. The predicted octanol–water partition coefficient (Wildman–Crippen LogP) is 2.05. The van der Waals surface area contributed by atoms with Crippen LogP contribution in [-0.4, -0.2) is 90.3 Å². The minimum Gasteiger partial charge on any atom is -0.444 e. The van der Waals surface area contributed by atoms with Gasteiger partial charge in [0, 0.05) is 58.7 Å². The molecule has 1 fully saturated rings. The van der Waals surface area contributed by atoms with Gasteiger partial charge in [0.2, 0.25) is 5.95 Å². The summed E-state index contributed by atoms with van der Waals surface area (Å²) in [5.41, 5.74) is -0.494. The van der Waals surface area contributed by atoms with E-state index in [2.05, 4.69) is 37.0 Å². The van der Waals surface area contributed by atoms with Crippen LogP contribution in [0.1, 0.15) is 27.7 Å². The van der Waals surface area contributed by atoms with Gasteiger partial charge in [0.25, 0.3) is 0 Å². The molecule has 0 spiro atoms. The number of halogens is 1. The first-order valence-corrected chi connectivity index (χ1v) is 9.79. The molecule has 0 radical (unpaired) electrons. The molecule has 1 saturated heterocycles. The number of hydrogen-bond donors (Lipinski definition) is 1. The molecule has 164 valence electrons. The topological polar surface area (TPSA) is 86.2 Å². The Hall–Kier alpha value is -1.85. The molecule has 1 aliphatic heterocycles. The second-order valence-corrected chi connectivity index (χ2v) is 7.66. The van der Waals surface area contributed by atoms with Gasteiger partial charge in [0.15, 0.2) is 5.96 Å². The van der Waals surface area contributed by atoms with E-state index in [-0.39, 0.29) is 30.1 Å². The first kappa shape index (κ1) is 25.2. The monoisotopic (exact) mass is 519 g/mol. The average Bonchev–Trinajstić information content (AvgIpc) is 2.67. The highest BCUT2D eigenvalue weighted by atomic mass is 127. The van der Waals surface area contributed by atoms with E-state index in [9.17, 15) is 4.79 Å². The second-order valence-electron chi connectivity index (χ2n) is 7.66. The van der Waals surface area contributed by atoms with Crippen LogP contribution >= 0.6 is 24.0 Å². The van der Waals surface area contributed by atoms with Crippen LogP contribution in [0.2, 0.25) is 0 Å². The zero-order chi connectivity index (χ0) is 20.6. The third kappa shape index (κ3) is 8.58. The van der Waals surface area contributed by atoms with Gasteiger partial charge in [-0.2, -0.15) is 0 Å². The summed E-state index contributed by atoms with van der Waals surface area (Å²) in [7, 11) is 1.73. The van der Waals surface area contributed by atoms with Gasteiger partial charge in [0.05, 0.1) is 6.54 Å². The number of anilines is 1. The molecule has 0 bridgehead atoms. The van der Waals surface area contributed by atoms with Crippen molar-refractivity contribution >= 4 is 42.0 Å². The molecular formula is C19H34IN7O2. The van der Waals surface area contributed by atoms with E-state index in [1.54, 1.807) is 24.3 Å². The fourth-order valence-corrected chi connectivity index (χ4v) is 2.74. The third-order valence-corrected chi connectivity index (χ3v) is 4.15. The van der Waals surface area contributed by atoms with Gasteiger partial charge < -0.3 is 24.8 Å². The molecule has 10 heteroatoms. The Morgan fingerprint density at radius 3 is 2.41 bits per heavy atom. The first-order valence-electron chi connectivity index (χ1n) is 9.79. The SMILES string of the molecule is CCNC(=NCCN(C)C(=O)OC(C)(C)C)N1CCN(c2ncccn2)CC1.I. The van der Waals surface area contributed by atoms with Gasteiger partial charge in [-0.25, -0.2) is 14.8 Å². The van der Waals surface area contributed by atoms with Gasteiger partial charge in [-0.15, -0.1) is 24.0 Å². The fourth-order valence-electron chi connectivity index (χ4n) is 2.74. The number of carbonyl (C=O) groups excluding carboxylic acids is 1. The molecule has 29 heavy (non-hydrogen) atoms. The van der Waals surface area contributed by atoms with Crippen molar-refractivity contribution in [1.82, 2.24) is 25.1 Å². The van der Waals surface area contributed by atoms with Crippen LogP contribution in [-0.2, 0) is 4.74 Å². The number of piperazine rings is 1. The molecule has 0 atom stereocenters. The number of guanidine groups is 1. The molecule has 1 aliphatic rings. The number of likely N-dealkylation sites (N-methyl/N-ethyl adjacent to an activating group) is 1. The zero-order valence-corrected chi connectivity index (χ0v) is 20.4. The highest BCUT2D eigenvalue weighted by Crippen LogP contribution is 2.10. The Morgan fingerprint density at radius 1 is 1.24 bits per heavy atom. The molecule has 9 nitrogen and oxygen atoms in total. The second kappa shape index (κ2) is 12.0. The van der Waals surface area contributed by atoms with Gasteiger partial charge in [-0.3, -0.25) is 4.99 Å². The number of hydrogen-bond acceptors (Lipinski definition) is 6. The van der Waals surface area contributed by atoms with E-state index in [1.807, 2.05) is 26.8 Å². The van der Waals surface area contributed by atoms with Crippen molar-refractivity contribution in [3.63, 3.8) is 0 Å². The van der Waals surface area contributed by atoms with Crippen molar-refractivity contribution in [3.05, 3.63) is 18.5 Å². The lowest BCUT2D eigenvalue weighted by Crippen LogP contribution is -2.53. The van der Waals surface area contributed by atoms with Gasteiger partial charge in [-0.1, -0.05) is 0 Å². The maximum absolute atomic E-state index is 12.0. The first-order chi connectivity index (χ1) is 13.3. The van der Waals surface area contributed by atoms with E-state index in [1.165, 1.54) is 0 Å². The lowest BCUT2D eigenvalue weighted by Gasteiger charge is -2.36. The van der Waals surface area contributed by atoms with Crippen LogP contribution in [0.5, 0.6) is 0 Å². The highest BCUT2D eigenvalue weighted by molar-refractivity contribution is 14.0. The van der Waals surface area contributed by atoms with Crippen LogP contribution in [0.15, 0.2) is 23.5 Å². The Morgan fingerprint density at radius 2 is 1.86 bits per heavy atom. The molecule has 0 aromatic carbocycles. The van der Waals surface area contributed by atoms with Crippen LogP contribution < -0.4 is 10.2 Å². The van der Waals surface area contributed by atoms with Gasteiger partial charge >= 0.3 is 6.09 Å². The average molecular weight is 519 g/mol. The molecule has 1 aromatic rings. The highest BCUT2D eigenvalue weighted by Gasteiger charge is 2.22. The summed E-state index contributed by atoms with van der Waals surface area (Å²) < 4.78 is 5.37. The van der Waals surface area contributed by atoms with Crippen LogP contribution in [0, 0.1) is 0 Å². The van der Waals surface area contributed by atoms with E-state index in [0.29, 0.717) is 13.1 Å². The molecule has 2 heterocycles. The van der Waals surface area contributed by atoms with Crippen LogP contribution in [0.4, 0.5) is 10.7 Å². The van der Waals surface area contributed by atoms with E-state index in [0.717, 1.165) is 44.6 Å². The van der Waals surface area contributed by atoms with Crippen molar-refractivity contribution in [3.8, 4) is 0 Å². The Balaban J connectivity index is 0.00000420. The summed E-state index contributed by atoms with van der Waals surface area (Å²) in [5.74, 6) is 1.64. The summed E-state index contributed by atoms with van der Waals surface area (Å²) >= 11 is 0. The number of aromatic nitrogens is 2. The van der Waals surface area contributed by atoms with Gasteiger partial charge in [0.1, 0.15) is 5.60 Å². The maximum Gasteiger partial charge on any atom is 0.410 e. The van der Waals surface area contributed by atoms with Crippen molar-refractivity contribution < 1.29 is 9.53 Å². The van der Waals surface area contributed by atoms with E-state index < -0.39 is 5.60 Å². The van der Waals surface area contributed by atoms with Gasteiger partial charge in [-0.05, 0) is 33.8 Å². The fraction of sp³-hybridized carbons (Fsp3) is 0.684. The largest absolute Gasteiger partial charge is 0.444 e. The lowest BCUT2D eigenvalue weighted by molar-refractivity contribution is 0.0304. The van der Waals surface area contributed by atoms with E-state index in [4.69, 9.17) is 4.74 Å². The lowest BCUT2D eigenvalue weighted by atomic mass is 10.2. The molecule has 1 N–H and O–H groups in total. The Bertz CT molecular complexity index is 644. The molecule has 0 saturated carbocycles. The van der Waals surface area contributed by atoms with Crippen molar-refractivity contribution in [2.45, 2.75) is 33.3 Å². The summed E-state index contributed by atoms with van der Waals surface area (Å²) in [4.78, 5) is 31.3. The molecule has 0 aliphatic carbocycles. The zero-order valence-electron chi connectivity index (χ0n) is 18.1. The number of nitrogens with one attached hydrogen (secondary N) is 1. The summed E-state index contributed by atoms with van der Waals surface area (Å²) in [6.45, 7) is 12.8. The number of carbonyl (C=O) groups is 1. The number of aliphatic imine (C=N–C) groups is 1. The summed E-state index contributed by atoms with van der Waals surface area (Å²) in [6.07, 6.45) is 3.20. The number of rotatable bonds is 5.